The maximum atomic E-state index is 11.2. The van der Waals surface area contributed by atoms with Crippen molar-refractivity contribution in [3.63, 3.8) is 0 Å². The average molecular weight is 554 g/mol. The first-order valence-electron chi connectivity index (χ1n) is 10.2. The number of Topliss-reactive ketones (excluding diaryl/α,β-unsaturated/α-hetero) is 2. The van der Waals surface area contributed by atoms with Gasteiger partial charge in [-0.25, -0.2) is 4.85 Å². The largest absolute Gasteiger partial charge is 1.00 e. The second-order valence-electron chi connectivity index (χ2n) is 7.06. The van der Waals surface area contributed by atoms with Crippen LogP contribution in [0, 0.1) is 6.57 Å². The zero-order valence-corrected chi connectivity index (χ0v) is 24.5. The van der Waals surface area contributed by atoms with Gasteiger partial charge in [0.25, 0.3) is 0 Å². The van der Waals surface area contributed by atoms with Crippen molar-refractivity contribution in [2.24, 2.45) is 0 Å². The molecule has 0 N–H and O–H groups in total. The molecule has 0 fully saturated rings. The minimum absolute atomic E-state index is 0. The molecule has 0 aromatic heterocycles. The summed E-state index contributed by atoms with van der Waals surface area (Å²) >= 11 is 3.42. The van der Waals surface area contributed by atoms with Crippen molar-refractivity contribution >= 4 is 41.6 Å². The summed E-state index contributed by atoms with van der Waals surface area (Å²) in [5, 5.41) is 0. The SMILES string of the molecule is C.COCC(=O)CCCc1cccc(Br)c1.[B-].[C-]#[N+]c1cccc(CCCC(=O)COC)c1.[K+]. The number of methoxy groups -OCH3 is 2. The number of carbonyl (C=O) groups is 2. The van der Waals surface area contributed by atoms with Gasteiger partial charge in [0.1, 0.15) is 13.2 Å². The van der Waals surface area contributed by atoms with Gasteiger partial charge in [0.15, 0.2) is 17.3 Å². The topological polar surface area (TPSA) is 57.0 Å². The number of halogens is 1. The van der Waals surface area contributed by atoms with Gasteiger partial charge in [0, 0.05) is 31.5 Å². The van der Waals surface area contributed by atoms with E-state index >= 15 is 0 Å². The van der Waals surface area contributed by atoms with E-state index in [2.05, 4.69) is 32.9 Å². The maximum Gasteiger partial charge on any atom is 1.00 e. The molecule has 8 heteroatoms. The van der Waals surface area contributed by atoms with Gasteiger partial charge in [-0.3, -0.25) is 9.59 Å². The van der Waals surface area contributed by atoms with Crippen molar-refractivity contribution in [1.29, 1.82) is 0 Å². The molecule has 0 saturated heterocycles. The van der Waals surface area contributed by atoms with Crippen LogP contribution in [0.15, 0.2) is 53.0 Å². The molecule has 0 aliphatic heterocycles. The summed E-state index contributed by atoms with van der Waals surface area (Å²) in [6.45, 7) is 7.33. The number of ether oxygens (including phenoxy) is 2. The Morgan fingerprint density at radius 1 is 0.882 bits per heavy atom. The first kappa shape index (κ1) is 37.9. The van der Waals surface area contributed by atoms with E-state index in [0.717, 1.165) is 35.7 Å². The van der Waals surface area contributed by atoms with E-state index in [1.165, 1.54) is 12.7 Å². The van der Waals surface area contributed by atoms with Crippen LogP contribution in [-0.2, 0) is 31.9 Å². The first-order valence-corrected chi connectivity index (χ1v) is 11.0. The maximum absolute atomic E-state index is 11.2. The molecule has 2 aromatic rings. The Morgan fingerprint density at radius 3 is 1.79 bits per heavy atom. The molecule has 0 amide bonds. The molecule has 0 saturated carbocycles. The third-order valence-electron chi connectivity index (χ3n) is 4.38. The van der Waals surface area contributed by atoms with Gasteiger partial charge in [0.2, 0.25) is 0 Å². The molecular formula is C26H34BBrKNO4. The summed E-state index contributed by atoms with van der Waals surface area (Å²) in [6, 6.07) is 15.7. The summed E-state index contributed by atoms with van der Waals surface area (Å²) in [5.74, 6) is 0.302. The number of rotatable bonds is 12. The number of hydrogen-bond acceptors (Lipinski definition) is 4. The second kappa shape index (κ2) is 24.1. The van der Waals surface area contributed by atoms with Crippen molar-refractivity contribution in [3.05, 3.63) is 75.5 Å². The number of hydrogen-bond donors (Lipinski definition) is 0. The first-order chi connectivity index (χ1) is 15.0. The normalized spacial score (nSPS) is 9.12. The summed E-state index contributed by atoms with van der Waals surface area (Å²) in [6.07, 6.45) is 4.60. The third-order valence-corrected chi connectivity index (χ3v) is 4.87. The Kier molecular flexibility index (Phi) is 26.9. The molecule has 5 nitrogen and oxygen atoms in total. The smallest absolute Gasteiger partial charge is 1.00 e. The van der Waals surface area contributed by atoms with Crippen LogP contribution < -0.4 is 51.4 Å². The summed E-state index contributed by atoms with van der Waals surface area (Å²) in [4.78, 5) is 25.7. The van der Waals surface area contributed by atoms with E-state index in [1.807, 2.05) is 30.3 Å². The number of benzene rings is 2. The number of nitrogens with zero attached hydrogens (tertiary/aromatic N) is 1. The number of carbonyl (C=O) groups excluding carboxylic acids is 2. The standard InChI is InChI=1S/C13H15NO2.C12H15BrO2.CH4.B.K/c1-14-12-7-3-5-11(9-12)6-4-8-13(15)10-16-2;1-15-9-12(14)7-3-5-10-4-2-6-11(13)8-10;;;/h3,5,7,9H,4,6,8,10H2,2H3;2,4,6,8H,3,5,7,9H2,1H3;1H4;;/q;;;-1;+1. The number of aryl methyl sites for hydroxylation is 2. The van der Waals surface area contributed by atoms with Crippen molar-refractivity contribution in [1.82, 2.24) is 0 Å². The molecule has 0 unspecified atom stereocenters. The molecule has 0 heterocycles. The molecule has 0 aliphatic rings. The molecule has 2 aromatic carbocycles. The molecule has 34 heavy (non-hydrogen) atoms. The van der Waals surface area contributed by atoms with Crippen molar-refractivity contribution in [2.75, 3.05) is 27.4 Å². The zero-order chi connectivity index (χ0) is 22.9. The minimum atomic E-state index is 0. The van der Waals surface area contributed by atoms with Gasteiger partial charge in [-0.1, -0.05) is 65.3 Å². The zero-order valence-electron chi connectivity index (χ0n) is 19.8. The van der Waals surface area contributed by atoms with Crippen LogP contribution >= 0.6 is 15.9 Å². The Morgan fingerprint density at radius 2 is 1.35 bits per heavy atom. The summed E-state index contributed by atoms with van der Waals surface area (Å²) in [5.41, 5.74) is 3.02. The Labute approximate surface area is 258 Å². The van der Waals surface area contributed by atoms with Crippen LogP contribution in [0.3, 0.4) is 0 Å². The van der Waals surface area contributed by atoms with Crippen LogP contribution in [0.1, 0.15) is 44.2 Å². The Balaban J connectivity index is -0.000000520. The van der Waals surface area contributed by atoms with E-state index in [4.69, 9.17) is 16.0 Å². The molecule has 4 radical (unpaired) electrons. The van der Waals surface area contributed by atoms with Crippen LogP contribution in [0.4, 0.5) is 5.69 Å². The molecule has 0 atom stereocenters. The fourth-order valence-electron chi connectivity index (χ4n) is 2.92. The molecule has 0 bridgehead atoms. The van der Waals surface area contributed by atoms with E-state index < -0.39 is 0 Å². The third kappa shape index (κ3) is 18.7. The predicted octanol–water partition coefficient (Wildman–Crippen LogP) is 3.02. The fraction of sp³-hybridized carbons (Fsp3) is 0.423. The summed E-state index contributed by atoms with van der Waals surface area (Å²) in [7, 11) is 3.07. The van der Waals surface area contributed by atoms with Gasteiger partial charge in [-0.05, 0) is 43.4 Å². The minimum Gasteiger partial charge on any atom is -1.00 e. The average Bonchev–Trinajstić information content (AvgIpc) is 2.75. The van der Waals surface area contributed by atoms with Crippen LogP contribution in [0.25, 0.3) is 4.85 Å². The van der Waals surface area contributed by atoms with Crippen LogP contribution in [0.5, 0.6) is 0 Å². The van der Waals surface area contributed by atoms with Crippen LogP contribution in [0.2, 0.25) is 0 Å². The van der Waals surface area contributed by atoms with Gasteiger partial charge < -0.3 is 17.9 Å². The van der Waals surface area contributed by atoms with Crippen molar-refractivity contribution < 1.29 is 70.4 Å². The van der Waals surface area contributed by atoms with Crippen molar-refractivity contribution in [2.45, 2.75) is 46.0 Å². The molecule has 178 valence electrons. The van der Waals surface area contributed by atoms with E-state index in [0.29, 0.717) is 18.5 Å². The van der Waals surface area contributed by atoms with Crippen LogP contribution in [-0.4, -0.2) is 47.4 Å². The Bertz CT molecular complexity index is 874. The molecule has 2 rings (SSSR count). The monoisotopic (exact) mass is 553 g/mol. The van der Waals surface area contributed by atoms with E-state index in [-0.39, 0.29) is 92.0 Å². The molecular weight excluding hydrogens is 520 g/mol. The summed E-state index contributed by atoms with van der Waals surface area (Å²) < 4.78 is 10.6. The second-order valence-corrected chi connectivity index (χ2v) is 7.98. The quantitative estimate of drug-likeness (QED) is 0.299. The van der Waals surface area contributed by atoms with Gasteiger partial charge in [-0.2, -0.15) is 0 Å². The predicted molar refractivity (Wildman–Crippen MR) is 139 cm³/mol. The van der Waals surface area contributed by atoms with Gasteiger partial charge >= 0.3 is 51.4 Å². The Hall–Kier alpha value is -0.629. The van der Waals surface area contributed by atoms with E-state index in [1.54, 1.807) is 13.2 Å². The van der Waals surface area contributed by atoms with E-state index in [9.17, 15) is 9.59 Å². The fourth-order valence-corrected chi connectivity index (χ4v) is 3.37. The van der Waals surface area contributed by atoms with Gasteiger partial charge in [0.05, 0.1) is 6.57 Å². The van der Waals surface area contributed by atoms with Crippen molar-refractivity contribution in [3.8, 4) is 0 Å². The molecule has 0 aliphatic carbocycles. The van der Waals surface area contributed by atoms with Gasteiger partial charge in [-0.15, -0.1) is 0 Å². The molecule has 0 spiro atoms. The number of ketones is 2.